The minimum Gasteiger partial charge on any atom is -0.333 e. The topological polar surface area (TPSA) is 30.7 Å². The molecule has 4 aromatic carbocycles. The number of nitrogens with zero attached hydrogens (tertiary/aromatic N) is 3. The van der Waals surface area contributed by atoms with Gasteiger partial charge in [-0.25, -0.2) is 0 Å². The zero-order chi connectivity index (χ0) is 29.9. The van der Waals surface area contributed by atoms with Gasteiger partial charge in [-0.1, -0.05) is 104 Å². The van der Waals surface area contributed by atoms with Gasteiger partial charge in [-0.2, -0.15) is 0 Å². The van der Waals surface area contributed by atoms with Gasteiger partial charge >= 0.3 is 0 Å². The van der Waals surface area contributed by atoms with Crippen LogP contribution in [0.3, 0.4) is 0 Å². The number of hydrogen-bond acceptors (Lipinski definition) is 3. The molecule has 7 rings (SSSR count). The van der Waals surface area contributed by atoms with Crippen molar-refractivity contribution in [3.8, 4) is 28.3 Å². The Morgan fingerprint density at radius 3 is 2.23 bits per heavy atom. The molecule has 217 valence electrons. The van der Waals surface area contributed by atoms with Crippen LogP contribution in [-0.2, 0) is 20.1 Å². The molecule has 3 aromatic heterocycles. The van der Waals surface area contributed by atoms with Crippen molar-refractivity contribution in [2.24, 2.45) is 0 Å². The fourth-order valence-corrected chi connectivity index (χ4v) is 6.12. The van der Waals surface area contributed by atoms with Crippen LogP contribution >= 0.6 is 11.3 Å². The summed E-state index contributed by atoms with van der Waals surface area (Å²) in [4.78, 5) is 9.31. The van der Waals surface area contributed by atoms with Gasteiger partial charge in [0, 0.05) is 32.0 Å². The maximum absolute atomic E-state index is 7.98. The molecule has 0 fully saturated rings. The SMILES string of the molecule is [2H]c1ccc2c(-c3nc4ccccc4n3-c3c(C(C)C)cccc3C(C)C)[c-]sc2c1.[Ir].[c-]1ccccc1-c1ccccn1. The van der Waals surface area contributed by atoms with Gasteiger partial charge in [0.05, 0.1) is 18.2 Å². The van der Waals surface area contributed by atoms with Gasteiger partial charge in [-0.15, -0.1) is 47.3 Å². The first kappa shape index (κ1) is 29.2. The Labute approximate surface area is 273 Å². The molecule has 5 heteroatoms. The monoisotopic (exact) mass is 757 g/mol. The number of pyridine rings is 1. The number of fused-ring (bicyclic) bond motifs is 2. The van der Waals surface area contributed by atoms with E-state index in [0.717, 1.165) is 43.8 Å². The average molecular weight is 757 g/mol. The van der Waals surface area contributed by atoms with Crippen LogP contribution in [0, 0.1) is 11.4 Å². The number of aromatic nitrogens is 3. The van der Waals surface area contributed by atoms with Gasteiger partial charge in [0.2, 0.25) is 0 Å². The van der Waals surface area contributed by atoms with Gasteiger partial charge in [0.15, 0.2) is 0 Å². The van der Waals surface area contributed by atoms with E-state index >= 15 is 0 Å². The van der Waals surface area contributed by atoms with Gasteiger partial charge in [-0.3, -0.25) is 16.3 Å². The van der Waals surface area contributed by atoms with Crippen LogP contribution in [0.4, 0.5) is 0 Å². The van der Waals surface area contributed by atoms with Crippen molar-refractivity contribution >= 4 is 32.5 Å². The number of benzene rings is 4. The minimum atomic E-state index is 0. The summed E-state index contributed by atoms with van der Waals surface area (Å²) in [5.41, 5.74) is 8.99. The summed E-state index contributed by atoms with van der Waals surface area (Å²) >= 11 is 1.56. The molecule has 0 saturated carbocycles. The molecular weight excluding hydrogens is 723 g/mol. The van der Waals surface area contributed by atoms with E-state index in [4.69, 9.17) is 6.35 Å². The first-order valence-electron chi connectivity index (χ1n) is 14.8. The van der Waals surface area contributed by atoms with Crippen molar-refractivity contribution in [3.05, 3.63) is 138 Å². The van der Waals surface area contributed by atoms with Crippen LogP contribution in [-0.4, -0.2) is 14.5 Å². The zero-order valence-electron chi connectivity index (χ0n) is 25.6. The Balaban J connectivity index is 0.000000248. The fraction of sp³-hybridized carbons (Fsp3) is 0.158. The average Bonchev–Trinajstić information content (AvgIpc) is 3.62. The Hall–Kier alpha value is -3.89. The van der Waals surface area contributed by atoms with E-state index in [1.54, 1.807) is 17.5 Å². The van der Waals surface area contributed by atoms with Crippen molar-refractivity contribution in [1.29, 1.82) is 0 Å². The van der Waals surface area contributed by atoms with Gasteiger partial charge in [0.25, 0.3) is 0 Å². The molecule has 3 nitrogen and oxygen atoms in total. The maximum atomic E-state index is 7.98. The van der Waals surface area contributed by atoms with Crippen molar-refractivity contribution < 1.29 is 21.5 Å². The summed E-state index contributed by atoms with van der Waals surface area (Å²) in [6.45, 7) is 9.01. The van der Waals surface area contributed by atoms with Gasteiger partial charge in [0.1, 0.15) is 0 Å². The second-order valence-electron chi connectivity index (χ2n) is 10.8. The van der Waals surface area contributed by atoms with Crippen LogP contribution in [0.1, 0.15) is 52.0 Å². The third-order valence-corrected chi connectivity index (χ3v) is 8.22. The largest absolute Gasteiger partial charge is 0.333 e. The molecule has 0 bridgehead atoms. The second kappa shape index (κ2) is 13.6. The molecule has 0 amide bonds. The van der Waals surface area contributed by atoms with Crippen LogP contribution < -0.4 is 0 Å². The molecule has 0 aliphatic carbocycles. The van der Waals surface area contributed by atoms with Crippen molar-refractivity contribution in [2.75, 3.05) is 0 Å². The molecule has 7 aromatic rings. The second-order valence-corrected chi connectivity index (χ2v) is 11.7. The van der Waals surface area contributed by atoms with Crippen molar-refractivity contribution in [3.63, 3.8) is 0 Å². The zero-order valence-corrected chi connectivity index (χ0v) is 27.8. The molecule has 0 atom stereocenters. The molecule has 0 N–H and O–H groups in total. The van der Waals surface area contributed by atoms with Crippen LogP contribution in [0.15, 0.2) is 115 Å². The van der Waals surface area contributed by atoms with Gasteiger partial charge < -0.3 is 9.55 Å². The predicted molar refractivity (Wildman–Crippen MR) is 177 cm³/mol. The fourth-order valence-electron chi connectivity index (χ4n) is 5.30. The van der Waals surface area contributed by atoms with Crippen LogP contribution in [0.2, 0.25) is 0 Å². The molecule has 3 heterocycles. The van der Waals surface area contributed by atoms with E-state index in [1.807, 2.05) is 66.7 Å². The first-order chi connectivity index (χ1) is 20.9. The quantitative estimate of drug-likeness (QED) is 0.164. The van der Waals surface area contributed by atoms with Gasteiger partial charge in [-0.05, 0) is 46.9 Å². The third-order valence-electron chi connectivity index (χ3n) is 7.36. The van der Waals surface area contributed by atoms with E-state index in [1.165, 1.54) is 16.8 Å². The van der Waals surface area contributed by atoms with E-state index < -0.39 is 0 Å². The number of hydrogen-bond donors (Lipinski definition) is 0. The predicted octanol–water partition coefficient (Wildman–Crippen LogP) is 10.5. The Kier molecular flexibility index (Phi) is 9.24. The Morgan fingerprint density at radius 1 is 0.791 bits per heavy atom. The van der Waals surface area contributed by atoms with Crippen LogP contribution in [0.5, 0.6) is 0 Å². The Bertz CT molecular complexity index is 1930. The molecule has 43 heavy (non-hydrogen) atoms. The number of thiophene rings is 1. The summed E-state index contributed by atoms with van der Waals surface area (Å²) in [6, 6.07) is 38.2. The van der Waals surface area contributed by atoms with E-state index in [0.29, 0.717) is 17.9 Å². The molecule has 1 radical (unpaired) electrons. The molecule has 0 unspecified atom stereocenters. The van der Waals surface area contributed by atoms with Crippen molar-refractivity contribution in [1.82, 2.24) is 14.5 Å². The van der Waals surface area contributed by atoms with E-state index in [-0.39, 0.29) is 20.1 Å². The molecule has 0 saturated heterocycles. The summed E-state index contributed by atoms with van der Waals surface area (Å²) in [5.74, 6) is 1.69. The van der Waals surface area contributed by atoms with E-state index in [2.05, 4.69) is 85.1 Å². The Morgan fingerprint density at radius 2 is 1.53 bits per heavy atom. The normalized spacial score (nSPS) is 11.3. The smallest absolute Gasteiger partial charge is 0.0774 e. The summed E-state index contributed by atoms with van der Waals surface area (Å²) in [5, 5.41) is 4.60. The third kappa shape index (κ3) is 6.26. The van der Waals surface area contributed by atoms with Crippen molar-refractivity contribution in [2.45, 2.75) is 39.5 Å². The maximum Gasteiger partial charge on any atom is 0.0774 e. The summed E-state index contributed by atoms with van der Waals surface area (Å²) < 4.78 is 11.4. The molecule has 0 aliphatic heterocycles. The van der Waals surface area contributed by atoms with Crippen LogP contribution in [0.25, 0.3) is 49.5 Å². The molecule has 0 spiro atoms. The summed E-state index contributed by atoms with van der Waals surface area (Å²) in [7, 11) is 0. The number of para-hydroxylation sites is 3. The molecule has 0 aliphatic rings. The number of rotatable bonds is 5. The first-order valence-corrected chi connectivity index (χ1v) is 15.1. The minimum absolute atomic E-state index is 0. The standard InChI is InChI=1S/C27H25N2S.C11H8N.Ir/c1-17(2)19-11-9-12-20(18(3)4)26(19)29-24-14-7-6-13-23(24)28-27(29)22-16-30-25-15-8-5-10-21(22)25;1-2-6-10(7-3-1)11-8-4-5-9-12-11;/h5-15,17-18H,1-4H3;1-6,8-9H;/q2*-1;/i8D;;. The summed E-state index contributed by atoms with van der Waals surface area (Å²) in [6.07, 6.45) is 1.79. The van der Waals surface area contributed by atoms with E-state index in [9.17, 15) is 0 Å². The molecular formula is C38H33IrN3S-2. The number of imidazole rings is 1.